The van der Waals surface area contributed by atoms with E-state index >= 15 is 0 Å². The summed E-state index contributed by atoms with van der Waals surface area (Å²) in [6.07, 6.45) is 4.91. The maximum atomic E-state index is 5.17. The van der Waals surface area contributed by atoms with Gasteiger partial charge in [-0.2, -0.15) is 0 Å². The Labute approximate surface area is 61.1 Å². The molecule has 0 aromatic rings. The van der Waals surface area contributed by atoms with Crippen molar-refractivity contribution in [3.63, 3.8) is 0 Å². The van der Waals surface area contributed by atoms with Gasteiger partial charge in [-0.05, 0) is 25.5 Å². The van der Waals surface area contributed by atoms with Crippen LogP contribution in [0, 0.1) is 0 Å². The Hall–Kier alpha value is -0.920. The average Bonchev–Trinajstić information content (AvgIpc) is 2.36. The van der Waals surface area contributed by atoms with E-state index in [9.17, 15) is 0 Å². The molecule has 0 bridgehead atoms. The van der Waals surface area contributed by atoms with Crippen molar-refractivity contribution in [1.82, 2.24) is 0 Å². The predicted octanol–water partition coefficient (Wildman–Crippen LogP) is 2.19. The molecule has 0 atom stereocenters. The first-order valence-corrected chi connectivity index (χ1v) is 3.51. The molecule has 0 N–H and O–H groups in total. The second kappa shape index (κ2) is 3.30. The Kier molecular flexibility index (Phi) is 2.37. The molecule has 0 aromatic heterocycles. The smallest absolute Gasteiger partial charge is 0.231 e. The molecule has 1 fully saturated rings. The third-order valence-corrected chi connectivity index (χ3v) is 1.32. The van der Waals surface area contributed by atoms with Crippen LogP contribution < -0.4 is 0 Å². The lowest BCUT2D eigenvalue weighted by molar-refractivity contribution is 0.0974. The molecule has 2 nitrogen and oxygen atoms in total. The Balaban J connectivity index is 2.68. The summed E-state index contributed by atoms with van der Waals surface area (Å²) in [5, 5.41) is 0. The largest absolute Gasteiger partial charge is 0.454 e. The van der Waals surface area contributed by atoms with Gasteiger partial charge in [0.1, 0.15) is 0 Å². The van der Waals surface area contributed by atoms with E-state index in [4.69, 9.17) is 9.47 Å². The third-order valence-electron chi connectivity index (χ3n) is 1.32. The summed E-state index contributed by atoms with van der Waals surface area (Å²) in [6.45, 7) is 4.38. The van der Waals surface area contributed by atoms with Crippen molar-refractivity contribution in [2.45, 2.75) is 20.3 Å². The van der Waals surface area contributed by atoms with E-state index in [2.05, 4.69) is 6.92 Å². The van der Waals surface area contributed by atoms with Crippen LogP contribution in [0.15, 0.2) is 23.7 Å². The van der Waals surface area contributed by atoms with Crippen LogP contribution in [-0.4, -0.2) is 6.79 Å². The highest BCUT2D eigenvalue weighted by Crippen LogP contribution is 2.20. The third kappa shape index (κ3) is 1.32. The molecule has 10 heavy (non-hydrogen) atoms. The predicted molar refractivity (Wildman–Crippen MR) is 39.2 cm³/mol. The summed E-state index contributed by atoms with van der Waals surface area (Å²) in [7, 11) is 0. The van der Waals surface area contributed by atoms with Crippen LogP contribution in [-0.2, 0) is 9.47 Å². The molecule has 1 aliphatic rings. The summed E-state index contributed by atoms with van der Waals surface area (Å²) in [5.74, 6) is 1.74. The summed E-state index contributed by atoms with van der Waals surface area (Å²) in [6, 6.07) is 0. The lowest BCUT2D eigenvalue weighted by atomic mass is 10.3. The van der Waals surface area contributed by atoms with Gasteiger partial charge < -0.3 is 9.47 Å². The standard InChI is InChI=1S/C8H12O2/c1-3-5-8-7(4-2)9-6-10-8/h4-5H,3,6H2,1-2H3/b7-4+,8-5+. The molecule has 0 aromatic carbocycles. The van der Waals surface area contributed by atoms with E-state index in [-0.39, 0.29) is 0 Å². The monoisotopic (exact) mass is 140 g/mol. The van der Waals surface area contributed by atoms with Crippen molar-refractivity contribution in [3.05, 3.63) is 23.7 Å². The van der Waals surface area contributed by atoms with Crippen LogP contribution in [0.4, 0.5) is 0 Å². The highest BCUT2D eigenvalue weighted by molar-refractivity contribution is 5.21. The molecule has 1 rings (SSSR count). The lowest BCUT2D eigenvalue weighted by Crippen LogP contribution is -1.80. The Bertz CT molecular complexity index is 168. The summed E-state index contributed by atoms with van der Waals surface area (Å²) < 4.78 is 10.3. The van der Waals surface area contributed by atoms with Crippen molar-refractivity contribution < 1.29 is 9.47 Å². The fourth-order valence-electron chi connectivity index (χ4n) is 0.869. The quantitative estimate of drug-likeness (QED) is 0.555. The highest BCUT2D eigenvalue weighted by Gasteiger charge is 2.13. The second-order valence-corrected chi connectivity index (χ2v) is 2.04. The first-order valence-electron chi connectivity index (χ1n) is 3.51. The minimum Gasteiger partial charge on any atom is -0.454 e. The fraction of sp³-hybridized carbons (Fsp3) is 0.500. The number of ether oxygens (including phenoxy) is 2. The van der Waals surface area contributed by atoms with E-state index in [0.717, 1.165) is 17.9 Å². The summed E-state index contributed by atoms with van der Waals surface area (Å²) in [5.41, 5.74) is 0. The maximum absolute atomic E-state index is 5.17. The molecule has 0 amide bonds. The zero-order chi connectivity index (χ0) is 7.40. The average molecular weight is 140 g/mol. The van der Waals surface area contributed by atoms with Gasteiger partial charge in [0.05, 0.1) is 0 Å². The van der Waals surface area contributed by atoms with Crippen molar-refractivity contribution in [2.75, 3.05) is 6.79 Å². The Morgan fingerprint density at radius 2 is 2.10 bits per heavy atom. The first-order chi connectivity index (χ1) is 4.88. The fourth-order valence-corrected chi connectivity index (χ4v) is 0.869. The molecule has 0 saturated carbocycles. The number of allylic oxidation sites excluding steroid dienone is 2. The van der Waals surface area contributed by atoms with Crippen LogP contribution in [0.3, 0.4) is 0 Å². The zero-order valence-electron chi connectivity index (χ0n) is 6.39. The van der Waals surface area contributed by atoms with E-state index in [1.54, 1.807) is 0 Å². The van der Waals surface area contributed by atoms with Crippen LogP contribution in [0.2, 0.25) is 0 Å². The molecule has 2 heteroatoms. The SMILES string of the molecule is C/C=C1/OCO/C1=C/CC. The van der Waals surface area contributed by atoms with Gasteiger partial charge >= 0.3 is 0 Å². The van der Waals surface area contributed by atoms with E-state index in [0.29, 0.717) is 6.79 Å². The molecule has 1 heterocycles. The van der Waals surface area contributed by atoms with Crippen molar-refractivity contribution in [3.8, 4) is 0 Å². The molecule has 0 unspecified atom stereocenters. The number of hydrogen-bond acceptors (Lipinski definition) is 2. The number of hydrogen-bond donors (Lipinski definition) is 0. The molecule has 56 valence electrons. The van der Waals surface area contributed by atoms with Gasteiger partial charge in [0.2, 0.25) is 6.79 Å². The van der Waals surface area contributed by atoms with Gasteiger partial charge in [0, 0.05) is 0 Å². The van der Waals surface area contributed by atoms with E-state index in [1.807, 2.05) is 19.1 Å². The minimum atomic E-state index is 0.367. The van der Waals surface area contributed by atoms with Gasteiger partial charge in [-0.15, -0.1) is 0 Å². The van der Waals surface area contributed by atoms with Crippen molar-refractivity contribution in [1.29, 1.82) is 0 Å². The van der Waals surface area contributed by atoms with Gasteiger partial charge in [-0.25, -0.2) is 0 Å². The van der Waals surface area contributed by atoms with E-state index in [1.165, 1.54) is 0 Å². The maximum Gasteiger partial charge on any atom is 0.231 e. The number of rotatable bonds is 1. The highest BCUT2D eigenvalue weighted by atomic mass is 16.7. The molecular weight excluding hydrogens is 128 g/mol. The van der Waals surface area contributed by atoms with Crippen LogP contribution >= 0.6 is 0 Å². The van der Waals surface area contributed by atoms with E-state index < -0.39 is 0 Å². The summed E-state index contributed by atoms with van der Waals surface area (Å²) >= 11 is 0. The Morgan fingerprint density at radius 1 is 1.40 bits per heavy atom. The molecule has 0 radical (unpaired) electrons. The minimum absolute atomic E-state index is 0.367. The molecule has 0 spiro atoms. The molecule has 0 aliphatic carbocycles. The van der Waals surface area contributed by atoms with Crippen LogP contribution in [0.1, 0.15) is 20.3 Å². The van der Waals surface area contributed by atoms with Crippen molar-refractivity contribution >= 4 is 0 Å². The molecule has 1 saturated heterocycles. The summed E-state index contributed by atoms with van der Waals surface area (Å²) in [4.78, 5) is 0. The molecular formula is C8H12O2. The van der Waals surface area contributed by atoms with Gasteiger partial charge in [0.15, 0.2) is 11.5 Å². The molecule has 1 aliphatic heterocycles. The normalized spacial score (nSPS) is 25.0. The van der Waals surface area contributed by atoms with Gasteiger partial charge in [0.25, 0.3) is 0 Å². The van der Waals surface area contributed by atoms with Crippen LogP contribution in [0.25, 0.3) is 0 Å². The first kappa shape index (κ1) is 7.19. The topological polar surface area (TPSA) is 18.5 Å². The lowest BCUT2D eigenvalue weighted by Gasteiger charge is -1.92. The zero-order valence-corrected chi connectivity index (χ0v) is 6.39. The Morgan fingerprint density at radius 3 is 2.70 bits per heavy atom. The van der Waals surface area contributed by atoms with Gasteiger partial charge in [-0.3, -0.25) is 0 Å². The van der Waals surface area contributed by atoms with Gasteiger partial charge in [-0.1, -0.05) is 6.92 Å². The second-order valence-electron chi connectivity index (χ2n) is 2.04. The van der Waals surface area contributed by atoms with Crippen LogP contribution in [0.5, 0.6) is 0 Å². The van der Waals surface area contributed by atoms with Crippen molar-refractivity contribution in [2.24, 2.45) is 0 Å².